The molecular weight excluding hydrogens is 492 g/mol. The highest BCUT2D eigenvalue weighted by molar-refractivity contribution is 6.36. The van der Waals surface area contributed by atoms with Crippen molar-refractivity contribution in [3.05, 3.63) is 77.1 Å². The Morgan fingerprint density at radius 1 is 1.11 bits per heavy atom. The Labute approximate surface area is 210 Å². The molecule has 36 heavy (non-hydrogen) atoms. The van der Waals surface area contributed by atoms with Crippen LogP contribution in [-0.2, 0) is 11.3 Å². The molecular formula is C25H22ClF2N5O3. The predicted octanol–water partition coefficient (Wildman–Crippen LogP) is 5.76. The van der Waals surface area contributed by atoms with Gasteiger partial charge >= 0.3 is 6.03 Å². The van der Waals surface area contributed by atoms with Gasteiger partial charge in [-0.25, -0.2) is 18.6 Å². The van der Waals surface area contributed by atoms with Crippen molar-refractivity contribution >= 4 is 40.0 Å². The van der Waals surface area contributed by atoms with Gasteiger partial charge in [0.05, 0.1) is 29.3 Å². The van der Waals surface area contributed by atoms with E-state index in [2.05, 4.69) is 25.5 Å². The number of nitrogens with one attached hydrogen (secondary N) is 3. The van der Waals surface area contributed by atoms with Crippen molar-refractivity contribution in [1.29, 1.82) is 0 Å². The molecule has 0 saturated carbocycles. The van der Waals surface area contributed by atoms with Crippen molar-refractivity contribution in [2.75, 3.05) is 36.9 Å². The largest absolute Gasteiger partial charge is 0.456 e. The van der Waals surface area contributed by atoms with E-state index in [1.165, 1.54) is 18.2 Å². The van der Waals surface area contributed by atoms with Gasteiger partial charge in [0, 0.05) is 49.3 Å². The second-order valence-electron chi connectivity index (χ2n) is 8.19. The second-order valence-corrected chi connectivity index (χ2v) is 8.59. The van der Waals surface area contributed by atoms with Gasteiger partial charge in [-0.2, -0.15) is 0 Å². The van der Waals surface area contributed by atoms with E-state index in [0.29, 0.717) is 47.1 Å². The van der Waals surface area contributed by atoms with Crippen LogP contribution in [0.4, 0.5) is 25.0 Å². The summed E-state index contributed by atoms with van der Waals surface area (Å²) in [4.78, 5) is 21.6. The molecule has 0 spiro atoms. The second kappa shape index (κ2) is 10.5. The standard InChI is InChI=1S/C25H22ClF2N5O3/c26-18-13-30-24-23(18)22(5-6-29-24)36-17-3-4-21(20(28)12-17)32-25(34)31-16-2-1-15(19(27)11-16)14-33-7-9-35-10-8-33/h1-6,11-13H,7-10,14H2,(H,29,30)(H2,31,32,34). The molecule has 4 aromatic rings. The Kier molecular flexibility index (Phi) is 6.99. The fourth-order valence-corrected chi connectivity index (χ4v) is 4.14. The van der Waals surface area contributed by atoms with Gasteiger partial charge < -0.3 is 25.1 Å². The molecule has 2 aromatic heterocycles. The zero-order chi connectivity index (χ0) is 25.1. The van der Waals surface area contributed by atoms with E-state index in [0.717, 1.165) is 19.2 Å². The number of halogens is 3. The molecule has 2 aromatic carbocycles. The number of urea groups is 1. The van der Waals surface area contributed by atoms with Crippen molar-refractivity contribution in [2.45, 2.75) is 6.54 Å². The molecule has 1 fully saturated rings. The van der Waals surface area contributed by atoms with Crippen LogP contribution in [0.3, 0.4) is 0 Å². The van der Waals surface area contributed by atoms with E-state index in [9.17, 15) is 13.6 Å². The van der Waals surface area contributed by atoms with E-state index in [1.807, 2.05) is 0 Å². The Bertz CT molecular complexity index is 1410. The third-order valence-electron chi connectivity index (χ3n) is 5.71. The van der Waals surface area contributed by atoms with Gasteiger partial charge in [-0.15, -0.1) is 0 Å². The molecule has 3 N–H and O–H groups in total. The van der Waals surface area contributed by atoms with E-state index in [-0.39, 0.29) is 17.1 Å². The number of amides is 2. The van der Waals surface area contributed by atoms with Gasteiger partial charge in [0.1, 0.15) is 28.8 Å². The molecule has 186 valence electrons. The number of aromatic nitrogens is 2. The number of hydrogen-bond donors (Lipinski definition) is 3. The summed E-state index contributed by atoms with van der Waals surface area (Å²) in [5.74, 6) is -0.524. The van der Waals surface area contributed by atoms with Crippen LogP contribution >= 0.6 is 11.6 Å². The number of ether oxygens (including phenoxy) is 2. The van der Waals surface area contributed by atoms with Crippen molar-refractivity contribution in [3.8, 4) is 11.5 Å². The van der Waals surface area contributed by atoms with Crippen molar-refractivity contribution < 1.29 is 23.0 Å². The number of fused-ring (bicyclic) bond motifs is 1. The first-order valence-electron chi connectivity index (χ1n) is 11.2. The molecule has 0 aliphatic carbocycles. The minimum atomic E-state index is -0.710. The summed E-state index contributed by atoms with van der Waals surface area (Å²) < 4.78 is 40.3. The summed E-state index contributed by atoms with van der Waals surface area (Å²) in [7, 11) is 0. The third-order valence-corrected chi connectivity index (χ3v) is 6.01. The lowest BCUT2D eigenvalue weighted by atomic mass is 10.1. The smallest absolute Gasteiger partial charge is 0.323 e. The zero-order valence-electron chi connectivity index (χ0n) is 19.0. The molecule has 11 heteroatoms. The average Bonchev–Trinajstić information content (AvgIpc) is 3.25. The number of H-pyrrole nitrogens is 1. The monoisotopic (exact) mass is 513 g/mol. The Balaban J connectivity index is 1.21. The van der Waals surface area contributed by atoms with Crippen molar-refractivity contribution in [1.82, 2.24) is 14.9 Å². The van der Waals surface area contributed by atoms with Crippen LogP contribution in [0, 0.1) is 11.6 Å². The van der Waals surface area contributed by atoms with Crippen LogP contribution in [0.2, 0.25) is 5.02 Å². The van der Waals surface area contributed by atoms with E-state index < -0.39 is 17.7 Å². The summed E-state index contributed by atoms with van der Waals surface area (Å²) in [6, 6.07) is 9.39. The van der Waals surface area contributed by atoms with Crippen LogP contribution in [-0.4, -0.2) is 47.2 Å². The summed E-state index contributed by atoms with van der Waals surface area (Å²) in [5.41, 5.74) is 1.25. The molecule has 0 unspecified atom stereocenters. The molecule has 0 bridgehead atoms. The van der Waals surface area contributed by atoms with Gasteiger partial charge in [0.25, 0.3) is 0 Å². The fraction of sp³-hybridized carbons (Fsp3) is 0.200. The number of carbonyl (C=O) groups excluding carboxylic acids is 1. The molecule has 1 aliphatic heterocycles. The number of carbonyl (C=O) groups is 1. The Morgan fingerprint density at radius 3 is 2.72 bits per heavy atom. The van der Waals surface area contributed by atoms with E-state index in [1.54, 1.807) is 30.6 Å². The zero-order valence-corrected chi connectivity index (χ0v) is 19.7. The fourth-order valence-electron chi connectivity index (χ4n) is 3.90. The van der Waals surface area contributed by atoms with E-state index in [4.69, 9.17) is 21.1 Å². The normalized spacial score (nSPS) is 14.1. The maximum Gasteiger partial charge on any atom is 0.323 e. The summed E-state index contributed by atoms with van der Waals surface area (Å²) in [6.45, 7) is 3.19. The number of rotatable bonds is 6. The molecule has 0 atom stereocenters. The Hall–Kier alpha value is -3.73. The summed E-state index contributed by atoms with van der Waals surface area (Å²) >= 11 is 6.18. The van der Waals surface area contributed by atoms with Crippen molar-refractivity contribution in [2.24, 2.45) is 0 Å². The van der Waals surface area contributed by atoms with E-state index >= 15 is 0 Å². The molecule has 2 amide bonds. The highest BCUT2D eigenvalue weighted by atomic mass is 35.5. The molecule has 3 heterocycles. The number of benzene rings is 2. The van der Waals surface area contributed by atoms with Crippen LogP contribution in [0.15, 0.2) is 54.9 Å². The minimum absolute atomic E-state index is 0.0659. The number of nitrogens with zero attached hydrogens (tertiary/aromatic N) is 2. The lowest BCUT2D eigenvalue weighted by Gasteiger charge is -2.26. The SMILES string of the molecule is O=C(Nc1ccc(CN2CCOCC2)c(F)c1)Nc1ccc(Oc2ccnc3[nH]cc(Cl)c23)cc1F. The highest BCUT2D eigenvalue weighted by Gasteiger charge is 2.15. The summed E-state index contributed by atoms with van der Waals surface area (Å²) in [6.07, 6.45) is 3.13. The molecule has 8 nitrogen and oxygen atoms in total. The molecule has 1 saturated heterocycles. The first-order chi connectivity index (χ1) is 17.5. The number of morpholine rings is 1. The topological polar surface area (TPSA) is 91.5 Å². The quantitative estimate of drug-likeness (QED) is 0.305. The van der Waals surface area contributed by atoms with Crippen LogP contribution in [0.5, 0.6) is 11.5 Å². The Morgan fingerprint density at radius 2 is 1.94 bits per heavy atom. The number of anilines is 2. The molecule has 1 aliphatic rings. The maximum absolute atomic E-state index is 14.7. The predicted molar refractivity (Wildman–Crippen MR) is 133 cm³/mol. The first-order valence-corrected chi connectivity index (χ1v) is 11.6. The van der Waals surface area contributed by atoms with Gasteiger partial charge in [-0.05, 0) is 30.3 Å². The first kappa shape index (κ1) is 24.0. The van der Waals surface area contributed by atoms with Gasteiger partial charge in [0.15, 0.2) is 0 Å². The van der Waals surface area contributed by atoms with Crippen molar-refractivity contribution in [3.63, 3.8) is 0 Å². The highest BCUT2D eigenvalue weighted by Crippen LogP contribution is 2.34. The number of pyridine rings is 1. The van der Waals surface area contributed by atoms with Gasteiger partial charge in [0.2, 0.25) is 0 Å². The summed E-state index contributed by atoms with van der Waals surface area (Å²) in [5, 5.41) is 5.94. The maximum atomic E-state index is 14.7. The number of hydrogen-bond acceptors (Lipinski definition) is 5. The van der Waals surface area contributed by atoms with Gasteiger partial charge in [-0.1, -0.05) is 17.7 Å². The molecule has 0 radical (unpaired) electrons. The van der Waals surface area contributed by atoms with Crippen LogP contribution < -0.4 is 15.4 Å². The lowest BCUT2D eigenvalue weighted by molar-refractivity contribution is 0.0337. The molecule has 5 rings (SSSR count). The van der Waals surface area contributed by atoms with Crippen LogP contribution in [0.1, 0.15) is 5.56 Å². The average molecular weight is 514 g/mol. The lowest BCUT2D eigenvalue weighted by Crippen LogP contribution is -2.35. The van der Waals surface area contributed by atoms with Gasteiger partial charge in [-0.3, -0.25) is 4.90 Å². The minimum Gasteiger partial charge on any atom is -0.456 e. The number of aromatic amines is 1. The van der Waals surface area contributed by atoms with Crippen LogP contribution in [0.25, 0.3) is 11.0 Å². The third kappa shape index (κ3) is 5.40.